The SMILES string of the molecule is CC(=O)c1ccc(N2CCN([C@H](C)CCc3ccccc3)CC2)cc1. The third kappa shape index (κ3) is 4.70. The van der Waals surface area contributed by atoms with Crippen molar-refractivity contribution in [1.82, 2.24) is 4.90 Å². The molecular weight excluding hydrogens is 308 g/mol. The van der Waals surface area contributed by atoms with Gasteiger partial charge in [-0.15, -0.1) is 0 Å². The Morgan fingerprint density at radius 3 is 2.20 bits per heavy atom. The molecule has 3 nitrogen and oxygen atoms in total. The van der Waals surface area contributed by atoms with Gasteiger partial charge in [0.1, 0.15) is 0 Å². The molecule has 0 amide bonds. The lowest BCUT2D eigenvalue weighted by molar-refractivity contribution is 0.101. The van der Waals surface area contributed by atoms with Gasteiger partial charge in [-0.1, -0.05) is 30.3 Å². The minimum absolute atomic E-state index is 0.128. The summed E-state index contributed by atoms with van der Waals surface area (Å²) in [4.78, 5) is 16.4. The summed E-state index contributed by atoms with van der Waals surface area (Å²) in [6, 6.07) is 19.4. The number of rotatable bonds is 6. The molecule has 25 heavy (non-hydrogen) atoms. The summed E-state index contributed by atoms with van der Waals surface area (Å²) < 4.78 is 0. The third-order valence-electron chi connectivity index (χ3n) is 5.27. The molecule has 0 aliphatic carbocycles. The highest BCUT2D eigenvalue weighted by Gasteiger charge is 2.21. The number of nitrogens with zero attached hydrogens (tertiary/aromatic N) is 2. The minimum Gasteiger partial charge on any atom is -0.369 e. The first-order valence-electron chi connectivity index (χ1n) is 9.27. The van der Waals surface area contributed by atoms with Gasteiger partial charge in [-0.2, -0.15) is 0 Å². The van der Waals surface area contributed by atoms with Crippen LogP contribution in [0.5, 0.6) is 0 Å². The molecule has 0 radical (unpaired) electrons. The average molecular weight is 336 g/mol. The lowest BCUT2D eigenvalue weighted by atomic mass is 10.0. The van der Waals surface area contributed by atoms with E-state index in [-0.39, 0.29) is 5.78 Å². The molecule has 0 bridgehead atoms. The summed E-state index contributed by atoms with van der Waals surface area (Å²) in [5.74, 6) is 0.128. The molecule has 2 aromatic rings. The van der Waals surface area contributed by atoms with Crippen LogP contribution < -0.4 is 4.90 Å². The van der Waals surface area contributed by atoms with Crippen LogP contribution in [-0.2, 0) is 6.42 Å². The van der Waals surface area contributed by atoms with Crippen molar-refractivity contribution in [2.45, 2.75) is 32.7 Å². The summed E-state index contributed by atoms with van der Waals surface area (Å²) in [6.07, 6.45) is 2.35. The summed E-state index contributed by atoms with van der Waals surface area (Å²) in [6.45, 7) is 8.27. The molecule has 2 aromatic carbocycles. The van der Waals surface area contributed by atoms with E-state index in [9.17, 15) is 4.79 Å². The molecule has 1 aliphatic heterocycles. The van der Waals surface area contributed by atoms with Crippen LogP contribution in [0.1, 0.15) is 36.2 Å². The van der Waals surface area contributed by atoms with Gasteiger partial charge in [-0.3, -0.25) is 9.69 Å². The van der Waals surface area contributed by atoms with Crippen molar-refractivity contribution < 1.29 is 4.79 Å². The van der Waals surface area contributed by atoms with Gasteiger partial charge < -0.3 is 4.90 Å². The van der Waals surface area contributed by atoms with Crippen LogP contribution >= 0.6 is 0 Å². The fourth-order valence-electron chi connectivity index (χ4n) is 3.53. The van der Waals surface area contributed by atoms with Gasteiger partial charge in [0, 0.05) is 43.5 Å². The van der Waals surface area contributed by atoms with Crippen molar-refractivity contribution in [2.75, 3.05) is 31.1 Å². The van der Waals surface area contributed by atoms with Crippen LogP contribution in [0, 0.1) is 0 Å². The maximum atomic E-state index is 11.4. The number of benzene rings is 2. The number of ketones is 1. The zero-order valence-electron chi connectivity index (χ0n) is 15.3. The van der Waals surface area contributed by atoms with Crippen molar-refractivity contribution in [3.05, 3.63) is 65.7 Å². The summed E-state index contributed by atoms with van der Waals surface area (Å²) in [7, 11) is 0. The molecule has 0 saturated carbocycles. The monoisotopic (exact) mass is 336 g/mol. The molecule has 1 atom stereocenters. The smallest absolute Gasteiger partial charge is 0.159 e. The fraction of sp³-hybridized carbons (Fsp3) is 0.409. The molecule has 3 heteroatoms. The second kappa shape index (κ2) is 8.30. The van der Waals surface area contributed by atoms with Crippen molar-refractivity contribution in [2.24, 2.45) is 0 Å². The predicted octanol–water partition coefficient (Wildman–Crippen LogP) is 4.03. The average Bonchev–Trinajstić information content (AvgIpc) is 2.67. The number of anilines is 1. The maximum absolute atomic E-state index is 11.4. The second-order valence-corrected chi connectivity index (χ2v) is 7.00. The van der Waals surface area contributed by atoms with Crippen LogP contribution in [0.3, 0.4) is 0 Å². The highest BCUT2D eigenvalue weighted by atomic mass is 16.1. The van der Waals surface area contributed by atoms with Gasteiger partial charge in [-0.25, -0.2) is 0 Å². The highest BCUT2D eigenvalue weighted by molar-refractivity contribution is 5.94. The van der Waals surface area contributed by atoms with Crippen LogP contribution in [0.15, 0.2) is 54.6 Å². The second-order valence-electron chi connectivity index (χ2n) is 7.00. The standard InChI is InChI=1S/C22H28N2O/c1-18(8-9-20-6-4-3-5-7-20)23-14-16-24(17-15-23)22-12-10-21(11-13-22)19(2)25/h3-7,10-13,18H,8-9,14-17H2,1-2H3/t18-/m1/s1. The Kier molecular flexibility index (Phi) is 5.87. The number of aryl methyl sites for hydroxylation is 1. The van der Waals surface area contributed by atoms with E-state index in [1.807, 2.05) is 12.1 Å². The number of Topliss-reactive ketones (excluding diaryl/α,β-unsaturated/α-hetero) is 1. The van der Waals surface area contributed by atoms with Crippen molar-refractivity contribution >= 4 is 11.5 Å². The Bertz CT molecular complexity index is 673. The molecular formula is C22H28N2O. The fourth-order valence-corrected chi connectivity index (χ4v) is 3.53. The topological polar surface area (TPSA) is 23.6 Å². The Morgan fingerprint density at radius 2 is 1.60 bits per heavy atom. The Labute approximate surface area is 151 Å². The molecule has 1 saturated heterocycles. The van der Waals surface area contributed by atoms with E-state index in [0.717, 1.165) is 38.2 Å². The van der Waals surface area contributed by atoms with Crippen LogP contribution in [0.4, 0.5) is 5.69 Å². The van der Waals surface area contributed by atoms with Crippen molar-refractivity contribution in [1.29, 1.82) is 0 Å². The van der Waals surface area contributed by atoms with Crippen LogP contribution in [0.2, 0.25) is 0 Å². The van der Waals surface area contributed by atoms with E-state index in [1.54, 1.807) is 6.92 Å². The van der Waals surface area contributed by atoms with Gasteiger partial charge in [0.05, 0.1) is 0 Å². The van der Waals surface area contributed by atoms with Crippen LogP contribution in [0.25, 0.3) is 0 Å². The van der Waals surface area contributed by atoms with E-state index in [2.05, 4.69) is 59.2 Å². The van der Waals surface area contributed by atoms with E-state index in [1.165, 1.54) is 17.7 Å². The third-order valence-corrected chi connectivity index (χ3v) is 5.27. The number of piperazine rings is 1. The lowest BCUT2D eigenvalue weighted by Crippen LogP contribution is -2.49. The minimum atomic E-state index is 0.128. The number of hydrogen-bond donors (Lipinski definition) is 0. The van der Waals surface area contributed by atoms with Gasteiger partial charge in [0.2, 0.25) is 0 Å². The summed E-state index contributed by atoms with van der Waals surface area (Å²) >= 11 is 0. The zero-order valence-corrected chi connectivity index (χ0v) is 15.3. The molecule has 0 spiro atoms. The van der Waals surface area contributed by atoms with Gasteiger partial charge >= 0.3 is 0 Å². The van der Waals surface area contributed by atoms with Gasteiger partial charge in [0.25, 0.3) is 0 Å². The van der Waals surface area contributed by atoms with Crippen LogP contribution in [-0.4, -0.2) is 42.9 Å². The zero-order chi connectivity index (χ0) is 17.6. The van der Waals surface area contributed by atoms with Crippen molar-refractivity contribution in [3.8, 4) is 0 Å². The largest absolute Gasteiger partial charge is 0.369 e. The molecule has 0 N–H and O–H groups in total. The first-order chi connectivity index (χ1) is 12.1. The summed E-state index contributed by atoms with van der Waals surface area (Å²) in [5, 5.41) is 0. The maximum Gasteiger partial charge on any atom is 0.159 e. The Balaban J connectivity index is 1.48. The quantitative estimate of drug-likeness (QED) is 0.744. The van der Waals surface area contributed by atoms with Gasteiger partial charge in [0.15, 0.2) is 5.78 Å². The normalized spacial score (nSPS) is 16.6. The molecule has 1 aliphatic rings. The number of carbonyl (C=O) groups is 1. The lowest BCUT2D eigenvalue weighted by Gasteiger charge is -2.39. The highest BCUT2D eigenvalue weighted by Crippen LogP contribution is 2.19. The van der Waals surface area contributed by atoms with E-state index >= 15 is 0 Å². The molecule has 0 aromatic heterocycles. The number of hydrogen-bond acceptors (Lipinski definition) is 3. The molecule has 1 fully saturated rings. The van der Waals surface area contributed by atoms with E-state index < -0.39 is 0 Å². The van der Waals surface area contributed by atoms with Gasteiger partial charge in [-0.05, 0) is 56.5 Å². The molecule has 1 heterocycles. The summed E-state index contributed by atoms with van der Waals surface area (Å²) in [5.41, 5.74) is 3.44. The Hall–Kier alpha value is -2.13. The van der Waals surface area contributed by atoms with E-state index in [0.29, 0.717) is 6.04 Å². The molecule has 3 rings (SSSR count). The van der Waals surface area contributed by atoms with E-state index in [4.69, 9.17) is 0 Å². The van der Waals surface area contributed by atoms with Crippen molar-refractivity contribution in [3.63, 3.8) is 0 Å². The molecule has 0 unspecified atom stereocenters. The predicted molar refractivity (Wildman–Crippen MR) is 104 cm³/mol. The Morgan fingerprint density at radius 1 is 0.960 bits per heavy atom. The molecule has 132 valence electrons. The first kappa shape index (κ1) is 17.7. The first-order valence-corrected chi connectivity index (χ1v) is 9.27. The number of carbonyl (C=O) groups excluding carboxylic acids is 1.